The molecule has 0 aliphatic carbocycles. The van der Waals surface area contributed by atoms with Gasteiger partial charge in [-0.05, 0) is 38.1 Å². The van der Waals surface area contributed by atoms with Gasteiger partial charge in [0, 0.05) is 12.6 Å². The fourth-order valence-corrected chi connectivity index (χ4v) is 2.11. The Morgan fingerprint density at radius 1 is 1.40 bits per heavy atom. The Hall–Kier alpha value is -1.81. The van der Waals surface area contributed by atoms with Crippen LogP contribution in [0.4, 0.5) is 0 Å². The van der Waals surface area contributed by atoms with Gasteiger partial charge < -0.3 is 14.6 Å². The molecule has 1 heterocycles. The molecule has 1 atom stereocenters. The monoisotopic (exact) mass is 273 g/mol. The van der Waals surface area contributed by atoms with Crippen LogP contribution in [-0.4, -0.2) is 16.6 Å². The number of hydrogen-bond donors (Lipinski definition) is 1. The third-order valence-electron chi connectivity index (χ3n) is 3.44. The van der Waals surface area contributed by atoms with Gasteiger partial charge in [-0.25, -0.2) is 4.98 Å². The molecular formula is C16H23N3O. The number of aromatic nitrogens is 2. The van der Waals surface area contributed by atoms with Crippen LogP contribution in [0.3, 0.4) is 0 Å². The lowest BCUT2D eigenvalue weighted by Gasteiger charge is -2.13. The van der Waals surface area contributed by atoms with Crippen molar-refractivity contribution in [1.82, 2.24) is 14.9 Å². The van der Waals surface area contributed by atoms with Crippen molar-refractivity contribution in [2.75, 3.05) is 7.05 Å². The number of ether oxygens (including phenoxy) is 1. The molecule has 2 rings (SSSR count). The van der Waals surface area contributed by atoms with Crippen LogP contribution in [-0.2, 0) is 13.2 Å². The maximum atomic E-state index is 5.88. The summed E-state index contributed by atoms with van der Waals surface area (Å²) in [6.07, 6.45) is 4.83. The van der Waals surface area contributed by atoms with E-state index in [9.17, 15) is 0 Å². The van der Waals surface area contributed by atoms with E-state index in [2.05, 4.69) is 40.8 Å². The van der Waals surface area contributed by atoms with Gasteiger partial charge in [0.15, 0.2) is 0 Å². The summed E-state index contributed by atoms with van der Waals surface area (Å²) in [5.74, 6) is 0.897. The molecule has 2 aromatic rings. The second kappa shape index (κ2) is 7.10. The fourth-order valence-electron chi connectivity index (χ4n) is 2.11. The van der Waals surface area contributed by atoms with Crippen molar-refractivity contribution in [1.29, 1.82) is 0 Å². The minimum Gasteiger partial charge on any atom is -0.487 e. The summed E-state index contributed by atoms with van der Waals surface area (Å²) >= 11 is 0. The molecule has 0 spiro atoms. The molecule has 4 nitrogen and oxygen atoms in total. The quantitative estimate of drug-likeness (QED) is 0.842. The van der Waals surface area contributed by atoms with E-state index in [4.69, 9.17) is 4.74 Å². The summed E-state index contributed by atoms with van der Waals surface area (Å²) in [6.45, 7) is 5.83. The van der Waals surface area contributed by atoms with Crippen LogP contribution in [0, 0.1) is 0 Å². The average molecular weight is 273 g/mol. The first-order valence-corrected chi connectivity index (χ1v) is 7.13. The molecule has 0 aliphatic heterocycles. The number of nitrogens with zero attached hydrogens (tertiary/aromatic N) is 2. The molecule has 0 saturated carbocycles. The van der Waals surface area contributed by atoms with Crippen molar-refractivity contribution in [2.45, 2.75) is 39.5 Å². The van der Waals surface area contributed by atoms with E-state index in [0.29, 0.717) is 12.6 Å². The van der Waals surface area contributed by atoms with Gasteiger partial charge in [-0.15, -0.1) is 0 Å². The zero-order chi connectivity index (χ0) is 14.4. The largest absolute Gasteiger partial charge is 0.487 e. The Balaban J connectivity index is 2.01. The van der Waals surface area contributed by atoms with Gasteiger partial charge >= 0.3 is 0 Å². The summed E-state index contributed by atoms with van der Waals surface area (Å²) in [7, 11) is 1.96. The molecule has 1 N–H and O–H groups in total. The molecule has 1 aromatic heterocycles. The van der Waals surface area contributed by atoms with Crippen LogP contribution in [0.5, 0.6) is 5.75 Å². The third-order valence-corrected chi connectivity index (χ3v) is 3.44. The Labute approximate surface area is 120 Å². The zero-order valence-corrected chi connectivity index (χ0v) is 12.5. The number of aryl methyl sites for hydroxylation is 1. The van der Waals surface area contributed by atoms with Crippen molar-refractivity contribution in [2.24, 2.45) is 0 Å². The highest BCUT2D eigenvalue weighted by molar-refractivity contribution is 5.30. The molecule has 0 fully saturated rings. The van der Waals surface area contributed by atoms with Crippen LogP contribution in [0.1, 0.15) is 37.6 Å². The predicted octanol–water partition coefficient (Wildman–Crippen LogP) is 3.15. The number of hydrogen-bond acceptors (Lipinski definition) is 3. The lowest BCUT2D eigenvalue weighted by atomic mass is 10.1. The predicted molar refractivity (Wildman–Crippen MR) is 80.8 cm³/mol. The van der Waals surface area contributed by atoms with Gasteiger partial charge in [-0.3, -0.25) is 0 Å². The van der Waals surface area contributed by atoms with Crippen LogP contribution in [0.15, 0.2) is 36.8 Å². The summed E-state index contributed by atoms with van der Waals surface area (Å²) in [5.41, 5.74) is 2.34. The molecule has 0 aliphatic rings. The zero-order valence-electron chi connectivity index (χ0n) is 12.5. The van der Waals surface area contributed by atoms with E-state index in [1.165, 1.54) is 5.56 Å². The van der Waals surface area contributed by atoms with E-state index in [1.807, 2.05) is 31.7 Å². The molecule has 20 heavy (non-hydrogen) atoms. The Morgan fingerprint density at radius 3 is 3.00 bits per heavy atom. The van der Waals surface area contributed by atoms with E-state index < -0.39 is 0 Å². The highest BCUT2D eigenvalue weighted by Gasteiger charge is 2.05. The topological polar surface area (TPSA) is 39.1 Å². The van der Waals surface area contributed by atoms with Gasteiger partial charge in [-0.2, -0.15) is 0 Å². The standard InChI is InChI=1S/C16H23N3O/c1-4-8-19-12-18-10-15(19)11-20-16-7-5-6-14(9-16)13(2)17-3/h5-7,9-10,12-13,17H,4,8,11H2,1-3H3. The van der Waals surface area contributed by atoms with Gasteiger partial charge in [0.05, 0.1) is 18.2 Å². The van der Waals surface area contributed by atoms with Crippen molar-refractivity contribution in [3.05, 3.63) is 48.0 Å². The van der Waals surface area contributed by atoms with Gasteiger partial charge in [-0.1, -0.05) is 19.1 Å². The molecule has 1 aromatic carbocycles. The molecular weight excluding hydrogens is 250 g/mol. The highest BCUT2D eigenvalue weighted by atomic mass is 16.5. The fraction of sp³-hybridized carbons (Fsp3) is 0.438. The van der Waals surface area contributed by atoms with Crippen molar-refractivity contribution in [3.63, 3.8) is 0 Å². The van der Waals surface area contributed by atoms with Crippen LogP contribution >= 0.6 is 0 Å². The van der Waals surface area contributed by atoms with Crippen LogP contribution in [0.25, 0.3) is 0 Å². The molecule has 0 amide bonds. The maximum absolute atomic E-state index is 5.88. The third kappa shape index (κ3) is 3.61. The summed E-state index contributed by atoms with van der Waals surface area (Å²) in [6, 6.07) is 8.54. The first kappa shape index (κ1) is 14.6. The van der Waals surface area contributed by atoms with Gasteiger partial charge in [0.25, 0.3) is 0 Å². The number of benzene rings is 1. The Kier molecular flexibility index (Phi) is 5.18. The van der Waals surface area contributed by atoms with E-state index in [0.717, 1.165) is 24.4 Å². The molecule has 4 heteroatoms. The molecule has 108 valence electrons. The SMILES string of the molecule is CCCn1cncc1COc1cccc(C(C)NC)c1. The maximum Gasteiger partial charge on any atom is 0.130 e. The Morgan fingerprint density at radius 2 is 2.25 bits per heavy atom. The minimum atomic E-state index is 0.323. The van der Waals surface area contributed by atoms with E-state index in [1.54, 1.807) is 0 Å². The first-order valence-electron chi connectivity index (χ1n) is 7.13. The lowest BCUT2D eigenvalue weighted by Crippen LogP contribution is -2.12. The molecule has 1 unspecified atom stereocenters. The summed E-state index contributed by atoms with van der Waals surface area (Å²) in [5, 5.41) is 3.23. The summed E-state index contributed by atoms with van der Waals surface area (Å²) in [4.78, 5) is 4.19. The first-order chi connectivity index (χ1) is 9.74. The van der Waals surface area contributed by atoms with Crippen molar-refractivity contribution >= 4 is 0 Å². The lowest BCUT2D eigenvalue weighted by molar-refractivity contribution is 0.294. The smallest absolute Gasteiger partial charge is 0.130 e. The van der Waals surface area contributed by atoms with Crippen molar-refractivity contribution in [3.8, 4) is 5.75 Å². The number of rotatable bonds is 7. The van der Waals surface area contributed by atoms with Crippen molar-refractivity contribution < 1.29 is 4.74 Å². The van der Waals surface area contributed by atoms with Gasteiger partial charge in [0.2, 0.25) is 0 Å². The minimum absolute atomic E-state index is 0.323. The Bertz CT molecular complexity index is 536. The number of imidazole rings is 1. The van der Waals surface area contributed by atoms with Gasteiger partial charge in [0.1, 0.15) is 12.4 Å². The molecule has 0 saturated heterocycles. The second-order valence-electron chi connectivity index (χ2n) is 4.95. The normalized spacial score (nSPS) is 12.3. The summed E-state index contributed by atoms with van der Waals surface area (Å²) < 4.78 is 8.02. The highest BCUT2D eigenvalue weighted by Crippen LogP contribution is 2.19. The average Bonchev–Trinajstić information content (AvgIpc) is 2.92. The van der Waals surface area contributed by atoms with E-state index in [-0.39, 0.29) is 0 Å². The second-order valence-corrected chi connectivity index (χ2v) is 4.95. The molecule has 0 bridgehead atoms. The molecule has 0 radical (unpaired) electrons. The number of nitrogens with one attached hydrogen (secondary N) is 1. The van der Waals surface area contributed by atoms with Crippen LogP contribution in [0.2, 0.25) is 0 Å². The van der Waals surface area contributed by atoms with E-state index >= 15 is 0 Å². The van der Waals surface area contributed by atoms with Crippen LogP contribution < -0.4 is 10.1 Å².